The van der Waals surface area contributed by atoms with Crippen LogP contribution in [0.15, 0.2) is 18.2 Å². The third-order valence-corrected chi connectivity index (χ3v) is 3.73. The maximum Gasteiger partial charge on any atom is 0.164 e. The lowest BCUT2D eigenvalue weighted by molar-refractivity contribution is -0.0463. The third kappa shape index (κ3) is 8.05. The fourth-order valence-electron chi connectivity index (χ4n) is 2.49. The van der Waals surface area contributed by atoms with Crippen LogP contribution in [0.5, 0.6) is 5.75 Å². The van der Waals surface area contributed by atoms with E-state index in [4.69, 9.17) is 20.4 Å². The summed E-state index contributed by atoms with van der Waals surface area (Å²) in [6.45, 7) is 1.91. The molecule has 0 aliphatic rings. The second-order valence-corrected chi connectivity index (χ2v) is 5.91. The number of nitrogens with one attached hydrogen (secondary N) is 2. The minimum atomic E-state index is -1.55. The Kier molecular flexibility index (Phi) is 9.85. The Morgan fingerprint density at radius 2 is 1.54 bits per heavy atom. The topological polar surface area (TPSA) is 125 Å². The van der Waals surface area contributed by atoms with E-state index in [1.54, 1.807) is 6.07 Å². The average molecular weight is 342 g/mol. The molecule has 0 unspecified atom stereocenters. The minimum Gasteiger partial charge on any atom is -0.508 e. The molecule has 0 atom stereocenters. The summed E-state index contributed by atoms with van der Waals surface area (Å²) >= 11 is 0. The van der Waals surface area contributed by atoms with Gasteiger partial charge in [0.2, 0.25) is 0 Å². The van der Waals surface area contributed by atoms with Gasteiger partial charge in [-0.25, -0.2) is 0 Å². The molecule has 0 aliphatic carbocycles. The number of aliphatic hydroxyl groups is 4. The minimum absolute atomic E-state index is 0.0529. The first kappa shape index (κ1) is 20.8. The largest absolute Gasteiger partial charge is 0.508 e. The smallest absolute Gasteiger partial charge is 0.164 e. The fraction of sp³-hybridized carbons (Fsp3) is 0.647. The highest BCUT2D eigenvalue weighted by atomic mass is 16.5. The number of aromatic hydroxyl groups is 1. The summed E-state index contributed by atoms with van der Waals surface area (Å²) in [7, 11) is 0. The van der Waals surface area contributed by atoms with Crippen LogP contribution in [-0.2, 0) is 6.42 Å². The molecule has 138 valence electrons. The predicted octanol–water partition coefficient (Wildman–Crippen LogP) is 0.314. The van der Waals surface area contributed by atoms with Crippen molar-refractivity contribution in [1.29, 1.82) is 0 Å². The number of hydrogen-bond donors (Lipinski definition) is 7. The van der Waals surface area contributed by atoms with Gasteiger partial charge < -0.3 is 25.5 Å². The highest BCUT2D eigenvalue weighted by Gasteiger charge is 2.17. The molecular formula is C17H30N2O5. The van der Waals surface area contributed by atoms with Gasteiger partial charge in [0.15, 0.2) is 12.6 Å². The van der Waals surface area contributed by atoms with Gasteiger partial charge >= 0.3 is 0 Å². The first-order valence-corrected chi connectivity index (χ1v) is 8.44. The van der Waals surface area contributed by atoms with Crippen LogP contribution in [0, 0.1) is 0 Å². The molecule has 0 saturated heterocycles. The number of unbranched alkanes of at least 4 members (excludes halogenated alkanes) is 3. The molecule has 0 aliphatic heterocycles. The maximum absolute atomic E-state index is 10.1. The number of aryl methyl sites for hydroxylation is 1. The SMILES string of the molecule is CCCCCCc1ccc(O)c(C(NCC(O)O)NCC(O)O)c1. The van der Waals surface area contributed by atoms with Gasteiger partial charge in [-0.1, -0.05) is 32.3 Å². The lowest BCUT2D eigenvalue weighted by Gasteiger charge is -2.23. The summed E-state index contributed by atoms with van der Waals surface area (Å²) in [5.74, 6) is 0.0529. The van der Waals surface area contributed by atoms with Crippen LogP contribution in [0.1, 0.15) is 49.9 Å². The molecule has 7 nitrogen and oxygen atoms in total. The summed E-state index contributed by atoms with van der Waals surface area (Å²) in [4.78, 5) is 0. The van der Waals surface area contributed by atoms with Gasteiger partial charge in [-0.05, 0) is 30.5 Å². The van der Waals surface area contributed by atoms with Crippen LogP contribution in [0.4, 0.5) is 0 Å². The normalized spacial score (nSPS) is 11.8. The molecule has 0 radical (unpaired) electrons. The Morgan fingerprint density at radius 1 is 0.917 bits per heavy atom. The average Bonchev–Trinajstić information content (AvgIpc) is 2.53. The van der Waals surface area contributed by atoms with Crippen LogP contribution in [0.3, 0.4) is 0 Å². The molecule has 1 rings (SSSR count). The van der Waals surface area contributed by atoms with Gasteiger partial charge in [0, 0.05) is 18.7 Å². The Balaban J connectivity index is 2.81. The molecule has 0 aromatic heterocycles. The molecule has 0 heterocycles. The number of phenolic OH excluding ortho intramolecular Hbond substituents is 1. The van der Waals surface area contributed by atoms with Crippen molar-refractivity contribution < 1.29 is 25.5 Å². The van der Waals surface area contributed by atoms with E-state index >= 15 is 0 Å². The van der Waals surface area contributed by atoms with E-state index in [2.05, 4.69) is 17.6 Å². The molecule has 24 heavy (non-hydrogen) atoms. The molecule has 1 aromatic rings. The van der Waals surface area contributed by atoms with Gasteiger partial charge in [-0.2, -0.15) is 0 Å². The zero-order valence-electron chi connectivity index (χ0n) is 14.1. The zero-order chi connectivity index (χ0) is 17.9. The lowest BCUT2D eigenvalue weighted by Crippen LogP contribution is -2.41. The molecule has 0 bridgehead atoms. The lowest BCUT2D eigenvalue weighted by atomic mass is 10.0. The van der Waals surface area contributed by atoms with Crippen molar-refractivity contribution in [2.45, 2.75) is 57.8 Å². The van der Waals surface area contributed by atoms with Gasteiger partial charge in [0.1, 0.15) is 5.75 Å². The van der Waals surface area contributed by atoms with Gasteiger partial charge in [0.25, 0.3) is 0 Å². The molecule has 7 heteroatoms. The molecule has 1 aromatic carbocycles. The highest BCUT2D eigenvalue weighted by molar-refractivity contribution is 5.38. The monoisotopic (exact) mass is 342 g/mol. The highest BCUT2D eigenvalue weighted by Crippen LogP contribution is 2.25. The standard InChI is InChI=1S/C17H30N2O5/c1-2-3-4-5-6-12-7-8-14(20)13(9-12)17(18-10-15(21)22)19-11-16(23)24/h7-9,15-24H,2-6,10-11H2,1H3. The van der Waals surface area contributed by atoms with E-state index in [-0.39, 0.29) is 18.8 Å². The molecule has 7 N–H and O–H groups in total. The second-order valence-electron chi connectivity index (χ2n) is 5.91. The molecule has 0 spiro atoms. The number of phenols is 1. The quantitative estimate of drug-likeness (QED) is 0.215. The van der Waals surface area contributed by atoms with Crippen LogP contribution < -0.4 is 10.6 Å². The second kappa shape index (κ2) is 11.4. The van der Waals surface area contributed by atoms with Crippen molar-refractivity contribution in [3.8, 4) is 5.75 Å². The van der Waals surface area contributed by atoms with Crippen molar-refractivity contribution in [3.05, 3.63) is 29.3 Å². The number of benzene rings is 1. The Hall–Kier alpha value is -1.22. The van der Waals surface area contributed by atoms with Crippen LogP contribution >= 0.6 is 0 Å². The summed E-state index contributed by atoms with van der Waals surface area (Å²) in [6, 6.07) is 5.31. The van der Waals surface area contributed by atoms with E-state index in [1.165, 1.54) is 12.8 Å². The molecule has 0 amide bonds. The van der Waals surface area contributed by atoms with Crippen molar-refractivity contribution in [2.24, 2.45) is 0 Å². The Labute approximate surface area is 143 Å². The molecular weight excluding hydrogens is 312 g/mol. The van der Waals surface area contributed by atoms with Crippen molar-refractivity contribution in [2.75, 3.05) is 13.1 Å². The summed E-state index contributed by atoms with van der Waals surface area (Å²) in [6.07, 6.45) is 1.74. The van der Waals surface area contributed by atoms with Crippen molar-refractivity contribution in [1.82, 2.24) is 10.6 Å². The Bertz CT molecular complexity index is 456. The van der Waals surface area contributed by atoms with Gasteiger partial charge in [0.05, 0.1) is 6.17 Å². The zero-order valence-corrected chi connectivity index (χ0v) is 14.1. The van der Waals surface area contributed by atoms with Crippen LogP contribution in [0.2, 0.25) is 0 Å². The van der Waals surface area contributed by atoms with E-state index in [9.17, 15) is 5.11 Å². The third-order valence-electron chi connectivity index (χ3n) is 3.73. The van der Waals surface area contributed by atoms with Crippen molar-refractivity contribution in [3.63, 3.8) is 0 Å². The fourth-order valence-corrected chi connectivity index (χ4v) is 2.49. The molecule has 0 fully saturated rings. The summed E-state index contributed by atoms with van der Waals surface area (Å²) in [5.41, 5.74) is 1.60. The molecule has 0 saturated carbocycles. The summed E-state index contributed by atoms with van der Waals surface area (Å²) < 4.78 is 0. The van der Waals surface area contributed by atoms with Gasteiger partial charge in [-0.15, -0.1) is 0 Å². The van der Waals surface area contributed by atoms with E-state index in [0.717, 1.165) is 24.8 Å². The maximum atomic E-state index is 10.1. The Morgan fingerprint density at radius 3 is 2.08 bits per heavy atom. The number of hydrogen-bond acceptors (Lipinski definition) is 7. The van der Waals surface area contributed by atoms with E-state index in [1.807, 2.05) is 12.1 Å². The van der Waals surface area contributed by atoms with Gasteiger partial charge in [-0.3, -0.25) is 10.6 Å². The van der Waals surface area contributed by atoms with Crippen LogP contribution in [0.25, 0.3) is 0 Å². The van der Waals surface area contributed by atoms with E-state index in [0.29, 0.717) is 5.56 Å². The summed E-state index contributed by atoms with van der Waals surface area (Å²) in [5, 5.41) is 51.9. The first-order chi connectivity index (χ1) is 11.4. The number of aliphatic hydroxyl groups excluding tert-OH is 2. The van der Waals surface area contributed by atoms with Crippen LogP contribution in [-0.4, -0.2) is 51.2 Å². The predicted molar refractivity (Wildman–Crippen MR) is 91.2 cm³/mol. The first-order valence-electron chi connectivity index (χ1n) is 8.44. The van der Waals surface area contributed by atoms with E-state index < -0.39 is 18.7 Å². The number of rotatable bonds is 12. The van der Waals surface area contributed by atoms with Crippen molar-refractivity contribution >= 4 is 0 Å².